The van der Waals surface area contributed by atoms with E-state index in [-0.39, 0.29) is 11.8 Å². The van der Waals surface area contributed by atoms with Crippen molar-refractivity contribution >= 4 is 23.1 Å². The summed E-state index contributed by atoms with van der Waals surface area (Å²) in [4.78, 5) is 30.5. The molecule has 2 aromatic rings. The van der Waals surface area contributed by atoms with Crippen molar-refractivity contribution in [3.05, 3.63) is 65.9 Å². The number of anilines is 1. The largest absolute Gasteiger partial charge is 0.493 e. The lowest BCUT2D eigenvalue weighted by atomic mass is 9.98. The lowest BCUT2D eigenvalue weighted by Crippen LogP contribution is -2.39. The second-order valence-corrected chi connectivity index (χ2v) is 8.93. The van der Waals surface area contributed by atoms with E-state index < -0.39 is 0 Å². The maximum Gasteiger partial charge on any atom is 0.282 e. The Bertz CT molecular complexity index is 979. The van der Waals surface area contributed by atoms with Crippen LogP contribution in [0.15, 0.2) is 60.3 Å². The quantitative estimate of drug-likeness (QED) is 0.636. The van der Waals surface area contributed by atoms with Crippen molar-refractivity contribution in [2.24, 2.45) is 11.8 Å². The first-order valence-corrected chi connectivity index (χ1v) is 11.1. The Kier molecular flexibility index (Phi) is 6.12. The molecule has 0 radical (unpaired) electrons. The molecule has 2 amide bonds. The van der Waals surface area contributed by atoms with Crippen molar-refractivity contribution < 1.29 is 14.3 Å². The van der Waals surface area contributed by atoms with Gasteiger partial charge in [-0.2, -0.15) is 0 Å². The first-order valence-electron chi connectivity index (χ1n) is 11.1. The van der Waals surface area contributed by atoms with E-state index in [1.165, 1.54) is 4.90 Å². The van der Waals surface area contributed by atoms with E-state index in [4.69, 9.17) is 4.74 Å². The summed E-state index contributed by atoms with van der Waals surface area (Å²) in [5.74, 6) is 1.15. The number of hydrogen-bond donors (Lipinski definition) is 0. The van der Waals surface area contributed by atoms with Gasteiger partial charge in [-0.1, -0.05) is 51.1 Å². The van der Waals surface area contributed by atoms with Crippen molar-refractivity contribution in [3.8, 4) is 5.75 Å². The standard InChI is InChI=1S/C26H30N2O3/c1-18(2)17-31-22-13-11-21(12-14-22)28-25(29)23(20-9-5-4-6-10-20)24(26(28)30)27-15-7-8-19(3)16-27/h4-6,9-14,18-19H,7-8,15-17H2,1-3H3. The molecule has 0 bridgehead atoms. The molecule has 5 nitrogen and oxygen atoms in total. The fourth-order valence-corrected chi connectivity index (χ4v) is 4.26. The molecule has 0 saturated carbocycles. The molecule has 0 spiro atoms. The van der Waals surface area contributed by atoms with Crippen LogP contribution in [-0.2, 0) is 9.59 Å². The van der Waals surface area contributed by atoms with Crippen LogP contribution in [0.5, 0.6) is 5.75 Å². The van der Waals surface area contributed by atoms with E-state index in [0.717, 1.165) is 37.2 Å². The van der Waals surface area contributed by atoms with Crippen molar-refractivity contribution in [3.63, 3.8) is 0 Å². The average molecular weight is 419 g/mol. The number of rotatable bonds is 6. The minimum atomic E-state index is -0.264. The van der Waals surface area contributed by atoms with Gasteiger partial charge in [0, 0.05) is 13.1 Å². The topological polar surface area (TPSA) is 49.9 Å². The maximum atomic E-state index is 13.6. The highest BCUT2D eigenvalue weighted by Crippen LogP contribution is 2.36. The molecule has 2 aromatic carbocycles. The average Bonchev–Trinajstić information content (AvgIpc) is 3.03. The van der Waals surface area contributed by atoms with Crippen molar-refractivity contribution in [1.82, 2.24) is 4.90 Å². The monoisotopic (exact) mass is 418 g/mol. The Hall–Kier alpha value is -3.08. The van der Waals surface area contributed by atoms with Crippen LogP contribution in [0.4, 0.5) is 5.69 Å². The molecule has 0 N–H and O–H groups in total. The first kappa shape index (κ1) is 21.2. The van der Waals surface area contributed by atoms with E-state index in [1.807, 2.05) is 42.5 Å². The van der Waals surface area contributed by atoms with Crippen LogP contribution in [0.1, 0.15) is 39.2 Å². The number of likely N-dealkylation sites (tertiary alicyclic amines) is 1. The second kappa shape index (κ2) is 8.96. The smallest absolute Gasteiger partial charge is 0.282 e. The van der Waals surface area contributed by atoms with Crippen LogP contribution in [0, 0.1) is 11.8 Å². The molecule has 31 heavy (non-hydrogen) atoms. The minimum absolute atomic E-state index is 0.242. The van der Waals surface area contributed by atoms with Crippen molar-refractivity contribution in [1.29, 1.82) is 0 Å². The molecule has 2 heterocycles. The van der Waals surface area contributed by atoms with Gasteiger partial charge < -0.3 is 9.64 Å². The third kappa shape index (κ3) is 4.36. The predicted octanol–water partition coefficient (Wildman–Crippen LogP) is 4.74. The van der Waals surface area contributed by atoms with E-state index in [9.17, 15) is 9.59 Å². The summed E-state index contributed by atoms with van der Waals surface area (Å²) >= 11 is 0. The summed E-state index contributed by atoms with van der Waals surface area (Å²) in [6, 6.07) is 16.7. The van der Waals surface area contributed by atoms with Crippen LogP contribution in [0.3, 0.4) is 0 Å². The number of benzene rings is 2. The zero-order valence-corrected chi connectivity index (χ0v) is 18.5. The molecule has 2 aliphatic rings. The predicted molar refractivity (Wildman–Crippen MR) is 123 cm³/mol. The minimum Gasteiger partial charge on any atom is -0.493 e. The summed E-state index contributed by atoms with van der Waals surface area (Å²) in [6.45, 7) is 8.60. The normalized spacial score (nSPS) is 19.5. The SMILES string of the molecule is CC(C)COc1ccc(N2C(=O)C(c3ccccc3)=C(N3CCCC(C)C3)C2=O)cc1. The van der Waals surface area contributed by atoms with Crippen molar-refractivity contribution in [2.45, 2.75) is 33.6 Å². The van der Waals surface area contributed by atoms with Gasteiger partial charge in [-0.3, -0.25) is 9.59 Å². The summed E-state index contributed by atoms with van der Waals surface area (Å²) in [7, 11) is 0. The van der Waals surface area contributed by atoms with E-state index in [1.54, 1.807) is 12.1 Å². The Balaban J connectivity index is 1.68. The Morgan fingerprint density at radius 2 is 1.71 bits per heavy atom. The molecule has 1 saturated heterocycles. The van der Waals surface area contributed by atoms with Crippen LogP contribution in [0.25, 0.3) is 5.57 Å². The molecule has 0 aromatic heterocycles. The van der Waals surface area contributed by atoms with E-state index in [2.05, 4.69) is 25.7 Å². The Morgan fingerprint density at radius 1 is 1.00 bits per heavy atom. The lowest BCUT2D eigenvalue weighted by Gasteiger charge is -2.33. The van der Waals surface area contributed by atoms with Gasteiger partial charge in [-0.05, 0) is 54.5 Å². The molecule has 1 unspecified atom stereocenters. The third-order valence-electron chi connectivity index (χ3n) is 5.77. The van der Waals surface area contributed by atoms with Crippen LogP contribution in [-0.4, -0.2) is 36.4 Å². The molecule has 0 aliphatic carbocycles. The summed E-state index contributed by atoms with van der Waals surface area (Å²) in [6.07, 6.45) is 2.17. The molecular weight excluding hydrogens is 388 g/mol. The van der Waals surface area contributed by atoms with E-state index >= 15 is 0 Å². The van der Waals surface area contributed by atoms with Crippen molar-refractivity contribution in [2.75, 3.05) is 24.6 Å². The number of hydrogen-bond acceptors (Lipinski definition) is 4. The number of amides is 2. The number of ether oxygens (including phenoxy) is 1. The fourth-order valence-electron chi connectivity index (χ4n) is 4.26. The second-order valence-electron chi connectivity index (χ2n) is 8.93. The van der Waals surface area contributed by atoms with Gasteiger partial charge in [-0.25, -0.2) is 4.90 Å². The molecule has 1 atom stereocenters. The van der Waals surface area contributed by atoms with Gasteiger partial charge in [0.1, 0.15) is 11.4 Å². The van der Waals surface area contributed by atoms with Gasteiger partial charge in [0.05, 0.1) is 17.9 Å². The fraction of sp³-hybridized carbons (Fsp3) is 0.385. The number of carbonyl (C=O) groups is 2. The van der Waals surface area contributed by atoms with Gasteiger partial charge in [-0.15, -0.1) is 0 Å². The lowest BCUT2D eigenvalue weighted by molar-refractivity contribution is -0.120. The van der Waals surface area contributed by atoms with Gasteiger partial charge in [0.25, 0.3) is 11.8 Å². The van der Waals surface area contributed by atoms with Crippen LogP contribution >= 0.6 is 0 Å². The number of piperidine rings is 1. The number of imide groups is 1. The Morgan fingerprint density at radius 3 is 2.35 bits per heavy atom. The van der Waals surface area contributed by atoms with Gasteiger partial charge in [0.15, 0.2) is 0 Å². The third-order valence-corrected chi connectivity index (χ3v) is 5.77. The summed E-state index contributed by atoms with van der Waals surface area (Å²) < 4.78 is 5.75. The summed E-state index contributed by atoms with van der Waals surface area (Å²) in [5.41, 5.74) is 2.39. The molecule has 5 heteroatoms. The number of nitrogens with zero attached hydrogens (tertiary/aromatic N) is 2. The maximum absolute atomic E-state index is 13.6. The van der Waals surface area contributed by atoms with Gasteiger partial charge in [0.2, 0.25) is 0 Å². The molecule has 1 fully saturated rings. The zero-order valence-electron chi connectivity index (χ0n) is 18.5. The Labute approximate surface area is 184 Å². The molecule has 162 valence electrons. The van der Waals surface area contributed by atoms with Crippen LogP contribution in [0.2, 0.25) is 0 Å². The molecule has 4 rings (SSSR count). The first-order chi connectivity index (χ1) is 15.0. The zero-order chi connectivity index (χ0) is 22.0. The highest BCUT2D eigenvalue weighted by atomic mass is 16.5. The molecular formula is C26H30N2O3. The number of carbonyl (C=O) groups excluding carboxylic acids is 2. The van der Waals surface area contributed by atoms with Gasteiger partial charge >= 0.3 is 0 Å². The summed E-state index contributed by atoms with van der Waals surface area (Å²) in [5, 5.41) is 0. The highest BCUT2D eigenvalue weighted by molar-refractivity contribution is 6.45. The van der Waals surface area contributed by atoms with E-state index in [0.29, 0.717) is 35.4 Å². The highest BCUT2D eigenvalue weighted by Gasteiger charge is 2.43. The molecule has 2 aliphatic heterocycles. The van der Waals surface area contributed by atoms with Crippen LogP contribution < -0.4 is 9.64 Å².